The molecule has 0 unspecified atom stereocenters. The minimum Gasteiger partial charge on any atom is -0.357 e. The number of allylic oxidation sites excluding steroid dienone is 1. The monoisotopic (exact) mass is 496 g/mol. The molecule has 0 aromatic heterocycles. The molecule has 37 heavy (non-hydrogen) atoms. The quantitative estimate of drug-likeness (QED) is 0.410. The lowest BCUT2D eigenvalue weighted by Crippen LogP contribution is -2.38. The highest BCUT2D eigenvalue weighted by atomic mass is 19.1. The minimum atomic E-state index is -0.629. The fraction of sp³-hybridized carbons (Fsp3) is 0.312. The molecular formula is C32H33FN2O2. The Kier molecular flexibility index (Phi) is 6.49. The van der Waals surface area contributed by atoms with Gasteiger partial charge in [0.05, 0.1) is 17.4 Å². The highest BCUT2D eigenvalue weighted by molar-refractivity contribution is 6.06. The van der Waals surface area contributed by atoms with Gasteiger partial charge in [-0.05, 0) is 58.7 Å². The van der Waals surface area contributed by atoms with Crippen LogP contribution in [0.5, 0.6) is 0 Å². The molecule has 1 aliphatic carbocycles. The zero-order chi connectivity index (χ0) is 26.3. The summed E-state index contributed by atoms with van der Waals surface area (Å²) >= 11 is 0. The maximum Gasteiger partial charge on any atom is 0.227 e. The molecule has 3 aromatic rings. The van der Waals surface area contributed by atoms with Crippen molar-refractivity contribution in [3.8, 4) is 0 Å². The van der Waals surface area contributed by atoms with Gasteiger partial charge in [0, 0.05) is 24.1 Å². The van der Waals surface area contributed by atoms with Gasteiger partial charge in [0.1, 0.15) is 5.82 Å². The number of hydrogen-bond donors (Lipinski definition) is 1. The molecule has 0 bridgehead atoms. The first-order chi connectivity index (χ1) is 17.7. The van der Waals surface area contributed by atoms with Crippen LogP contribution >= 0.6 is 0 Å². The van der Waals surface area contributed by atoms with Crippen molar-refractivity contribution in [2.24, 2.45) is 0 Å². The third-order valence-corrected chi connectivity index (χ3v) is 7.49. The van der Waals surface area contributed by atoms with Gasteiger partial charge in [-0.15, -0.1) is 0 Å². The van der Waals surface area contributed by atoms with Crippen LogP contribution in [0.4, 0.5) is 15.8 Å². The fourth-order valence-electron chi connectivity index (χ4n) is 5.49. The Hall–Kier alpha value is -3.73. The lowest BCUT2D eigenvalue weighted by Gasteiger charge is -2.35. The summed E-state index contributed by atoms with van der Waals surface area (Å²) < 4.78 is 13.9. The number of para-hydroxylation sites is 2. The van der Waals surface area contributed by atoms with E-state index in [0.29, 0.717) is 18.4 Å². The molecule has 0 spiro atoms. The molecule has 1 amide bonds. The van der Waals surface area contributed by atoms with E-state index in [-0.39, 0.29) is 35.3 Å². The molecule has 4 nitrogen and oxygen atoms in total. The molecule has 2 aliphatic rings. The summed E-state index contributed by atoms with van der Waals surface area (Å²) in [5, 5.41) is 3.54. The first-order valence-electron chi connectivity index (χ1n) is 13.0. The fourth-order valence-corrected chi connectivity index (χ4v) is 5.49. The van der Waals surface area contributed by atoms with Crippen LogP contribution in [0.3, 0.4) is 0 Å². The second kappa shape index (κ2) is 9.62. The summed E-state index contributed by atoms with van der Waals surface area (Å²) in [7, 11) is 0. The van der Waals surface area contributed by atoms with Gasteiger partial charge in [0.2, 0.25) is 5.91 Å². The van der Waals surface area contributed by atoms with Crippen LogP contribution in [0.25, 0.3) is 0 Å². The van der Waals surface area contributed by atoms with Crippen molar-refractivity contribution in [2.75, 3.05) is 10.2 Å². The summed E-state index contributed by atoms with van der Waals surface area (Å²) in [4.78, 5) is 29.1. The van der Waals surface area contributed by atoms with Crippen molar-refractivity contribution >= 4 is 23.1 Å². The van der Waals surface area contributed by atoms with Crippen LogP contribution in [0.2, 0.25) is 0 Å². The number of halogens is 1. The zero-order valence-corrected chi connectivity index (χ0v) is 21.8. The molecule has 0 fully saturated rings. The van der Waals surface area contributed by atoms with E-state index >= 15 is 0 Å². The molecule has 1 aliphatic heterocycles. The Morgan fingerprint density at radius 1 is 0.946 bits per heavy atom. The Labute approximate surface area is 218 Å². The van der Waals surface area contributed by atoms with Crippen LogP contribution in [0.1, 0.15) is 75.6 Å². The molecule has 0 saturated heterocycles. The third kappa shape index (κ3) is 4.71. The Morgan fingerprint density at radius 2 is 1.59 bits per heavy atom. The van der Waals surface area contributed by atoms with Gasteiger partial charge in [-0.3, -0.25) is 14.5 Å². The third-order valence-electron chi connectivity index (χ3n) is 7.49. The molecule has 0 radical (unpaired) electrons. The summed E-state index contributed by atoms with van der Waals surface area (Å²) in [5.41, 5.74) is 6.09. The van der Waals surface area contributed by atoms with Gasteiger partial charge in [0.25, 0.3) is 0 Å². The van der Waals surface area contributed by atoms with Gasteiger partial charge in [-0.1, -0.05) is 76.2 Å². The number of nitrogens with one attached hydrogen (secondary N) is 1. The number of Topliss-reactive ketones (excluding diaryl/α,β-unsaturated/α-hetero) is 1. The van der Waals surface area contributed by atoms with Gasteiger partial charge in [0.15, 0.2) is 5.78 Å². The largest absolute Gasteiger partial charge is 0.357 e. The van der Waals surface area contributed by atoms with Crippen LogP contribution < -0.4 is 10.2 Å². The van der Waals surface area contributed by atoms with Crippen molar-refractivity contribution in [3.05, 3.63) is 107 Å². The molecule has 5 heteroatoms. The Morgan fingerprint density at radius 3 is 2.24 bits per heavy atom. The maximum atomic E-state index is 13.9. The maximum absolute atomic E-state index is 13.9. The van der Waals surface area contributed by atoms with Crippen molar-refractivity contribution in [3.63, 3.8) is 0 Å². The highest BCUT2D eigenvalue weighted by Crippen LogP contribution is 2.47. The second-order valence-corrected chi connectivity index (χ2v) is 11.0. The first-order valence-corrected chi connectivity index (χ1v) is 13.0. The standard InChI is InChI=1S/C32H33FN2O2/c1-5-29(37)35-27-9-7-6-8-25(27)34-26-18-22(20-10-14-23(15-11-20)32(2,3)4)19-28(36)30(26)31(35)21-12-16-24(33)17-13-21/h6-17,22,31,34H,5,18-19H2,1-4H3/t22-,31-/m0/s1. The number of rotatable bonds is 3. The number of fused-ring (bicyclic) bond motifs is 1. The van der Waals surface area contributed by atoms with Crippen molar-refractivity contribution in [2.45, 2.75) is 64.3 Å². The van der Waals surface area contributed by atoms with Crippen LogP contribution in [-0.2, 0) is 15.0 Å². The molecule has 1 heterocycles. The number of nitrogens with zero attached hydrogens (tertiary/aromatic N) is 1. The van der Waals surface area contributed by atoms with E-state index in [1.165, 1.54) is 17.7 Å². The normalized spacial score (nSPS) is 19.6. The number of hydrogen-bond acceptors (Lipinski definition) is 3. The van der Waals surface area contributed by atoms with E-state index in [1.807, 2.05) is 31.2 Å². The molecular weight excluding hydrogens is 463 g/mol. The van der Waals surface area contributed by atoms with Crippen LogP contribution in [-0.4, -0.2) is 11.7 Å². The van der Waals surface area contributed by atoms with Crippen molar-refractivity contribution in [1.29, 1.82) is 0 Å². The summed E-state index contributed by atoms with van der Waals surface area (Å²) in [6.07, 6.45) is 1.29. The molecule has 0 saturated carbocycles. The second-order valence-electron chi connectivity index (χ2n) is 11.0. The number of amides is 1. The topological polar surface area (TPSA) is 49.4 Å². The van der Waals surface area contributed by atoms with Crippen LogP contribution in [0, 0.1) is 5.82 Å². The number of carbonyl (C=O) groups is 2. The predicted molar refractivity (Wildman–Crippen MR) is 146 cm³/mol. The van der Waals surface area contributed by atoms with Crippen LogP contribution in [0.15, 0.2) is 84.1 Å². The summed E-state index contributed by atoms with van der Waals surface area (Å²) in [6.45, 7) is 8.39. The minimum absolute atomic E-state index is 0.00896. The lowest BCUT2D eigenvalue weighted by atomic mass is 9.77. The van der Waals surface area contributed by atoms with Crippen molar-refractivity contribution < 1.29 is 14.0 Å². The molecule has 1 N–H and O–H groups in total. The number of anilines is 2. The van der Waals surface area contributed by atoms with Gasteiger partial charge in [-0.25, -0.2) is 4.39 Å². The van der Waals surface area contributed by atoms with E-state index in [9.17, 15) is 14.0 Å². The van der Waals surface area contributed by atoms with E-state index in [4.69, 9.17) is 0 Å². The first kappa shape index (κ1) is 24.9. The highest BCUT2D eigenvalue weighted by Gasteiger charge is 2.41. The number of ketones is 1. The molecule has 2 atom stereocenters. The van der Waals surface area contributed by atoms with Gasteiger partial charge < -0.3 is 5.32 Å². The van der Waals surface area contributed by atoms with E-state index in [2.05, 4.69) is 50.4 Å². The van der Waals surface area contributed by atoms with Gasteiger partial charge >= 0.3 is 0 Å². The predicted octanol–water partition coefficient (Wildman–Crippen LogP) is 7.43. The Balaban J connectivity index is 1.64. The number of benzene rings is 3. The molecule has 190 valence electrons. The van der Waals surface area contributed by atoms with Gasteiger partial charge in [-0.2, -0.15) is 0 Å². The lowest BCUT2D eigenvalue weighted by molar-refractivity contribution is -0.119. The SMILES string of the molecule is CCC(=O)N1c2ccccc2NC2=C(C(=O)C[C@@H](c3ccc(C(C)(C)C)cc3)C2)[C@@H]1c1ccc(F)cc1. The number of carbonyl (C=O) groups excluding carboxylic acids is 2. The molecule has 3 aromatic carbocycles. The zero-order valence-electron chi connectivity index (χ0n) is 21.8. The smallest absolute Gasteiger partial charge is 0.227 e. The summed E-state index contributed by atoms with van der Waals surface area (Å²) in [6, 6.07) is 21.8. The Bertz CT molecular complexity index is 1370. The summed E-state index contributed by atoms with van der Waals surface area (Å²) in [5.74, 6) is -0.408. The van der Waals surface area contributed by atoms with Crippen molar-refractivity contribution in [1.82, 2.24) is 0 Å². The average molecular weight is 497 g/mol. The van der Waals surface area contributed by atoms with E-state index in [0.717, 1.165) is 28.2 Å². The van der Waals surface area contributed by atoms with E-state index < -0.39 is 6.04 Å². The van der Waals surface area contributed by atoms with E-state index in [1.54, 1.807) is 17.0 Å². The molecule has 5 rings (SSSR count). The average Bonchev–Trinajstić information content (AvgIpc) is 3.03.